The van der Waals surface area contributed by atoms with Gasteiger partial charge in [-0.2, -0.15) is 0 Å². The van der Waals surface area contributed by atoms with E-state index in [9.17, 15) is 9.90 Å². The molecule has 2 aromatic carbocycles. The first kappa shape index (κ1) is 12.0. The van der Waals surface area contributed by atoms with E-state index < -0.39 is 5.97 Å². The van der Waals surface area contributed by atoms with Gasteiger partial charge in [-0.05, 0) is 17.5 Å². The summed E-state index contributed by atoms with van der Waals surface area (Å²) in [6, 6.07) is 9.90. The maximum atomic E-state index is 10.7. The third kappa shape index (κ3) is 2.31. The van der Waals surface area contributed by atoms with Gasteiger partial charge in [0.1, 0.15) is 5.75 Å². The molecule has 72 valence electrons. The first-order chi connectivity index (χ1) is 6.68. The van der Waals surface area contributed by atoms with Crippen molar-refractivity contribution in [1.82, 2.24) is 0 Å². The van der Waals surface area contributed by atoms with Crippen LogP contribution >= 0.6 is 0 Å². The van der Waals surface area contributed by atoms with E-state index >= 15 is 0 Å². The number of aromatic carboxylic acids is 1. The Morgan fingerprint density at radius 1 is 1.13 bits per heavy atom. The number of phenolic OH excluding ortho intramolecular Hbond substituents is 1. The summed E-state index contributed by atoms with van der Waals surface area (Å²) in [4.78, 5) is 10.7. The van der Waals surface area contributed by atoms with Gasteiger partial charge >= 0.3 is 35.5 Å². The fraction of sp³-hybridized carbons (Fsp3) is 0. The molecule has 0 aliphatic carbocycles. The quantitative estimate of drug-likeness (QED) is 0.706. The standard InChI is InChI=1S/C11H8O3.Na.H/c12-10-6-8(11(13)14)5-7-3-1-2-4-9(7)10;;/h1-6,12H,(H,13,14);;. The van der Waals surface area contributed by atoms with Crippen LogP contribution in [0, 0.1) is 0 Å². The summed E-state index contributed by atoms with van der Waals surface area (Å²) in [6.45, 7) is 0. The van der Waals surface area contributed by atoms with Crippen LogP contribution in [0.2, 0.25) is 0 Å². The Morgan fingerprint density at radius 3 is 2.47 bits per heavy atom. The van der Waals surface area contributed by atoms with Crippen LogP contribution in [0.4, 0.5) is 0 Å². The minimum absolute atomic E-state index is 0. The molecular weight excluding hydrogens is 203 g/mol. The Balaban J connectivity index is 0.00000112. The normalized spacial score (nSPS) is 9.60. The average molecular weight is 212 g/mol. The Morgan fingerprint density at radius 2 is 1.80 bits per heavy atom. The monoisotopic (exact) mass is 212 g/mol. The van der Waals surface area contributed by atoms with Crippen LogP contribution in [-0.4, -0.2) is 45.7 Å². The second-order valence-corrected chi connectivity index (χ2v) is 3.02. The summed E-state index contributed by atoms with van der Waals surface area (Å²) < 4.78 is 0. The summed E-state index contributed by atoms with van der Waals surface area (Å²) in [5.41, 5.74) is 0.0983. The van der Waals surface area contributed by atoms with Crippen molar-refractivity contribution in [3.8, 4) is 5.75 Å². The van der Waals surface area contributed by atoms with Crippen molar-refractivity contribution in [2.45, 2.75) is 0 Å². The number of fused-ring (bicyclic) bond motifs is 1. The summed E-state index contributed by atoms with van der Waals surface area (Å²) >= 11 is 0. The van der Waals surface area contributed by atoms with Crippen LogP contribution in [0.1, 0.15) is 10.4 Å². The van der Waals surface area contributed by atoms with Crippen LogP contribution in [0.5, 0.6) is 5.75 Å². The van der Waals surface area contributed by atoms with Gasteiger partial charge < -0.3 is 10.2 Å². The molecule has 0 saturated carbocycles. The Kier molecular flexibility index (Phi) is 3.74. The third-order valence-electron chi connectivity index (χ3n) is 2.09. The van der Waals surface area contributed by atoms with E-state index in [0.29, 0.717) is 5.39 Å². The molecule has 0 aliphatic rings. The molecule has 0 unspecified atom stereocenters. The summed E-state index contributed by atoms with van der Waals surface area (Å²) in [5.74, 6) is -1.04. The molecule has 0 heterocycles. The third-order valence-corrected chi connectivity index (χ3v) is 2.09. The molecule has 2 N–H and O–H groups in total. The molecule has 0 spiro atoms. The number of carbonyl (C=O) groups is 1. The van der Waals surface area contributed by atoms with Crippen molar-refractivity contribution in [2.24, 2.45) is 0 Å². The molecule has 0 bridgehead atoms. The minimum atomic E-state index is -1.04. The molecule has 3 nitrogen and oxygen atoms in total. The molecule has 2 aromatic rings. The van der Waals surface area contributed by atoms with Crippen molar-refractivity contribution in [2.75, 3.05) is 0 Å². The summed E-state index contributed by atoms with van der Waals surface area (Å²) in [5, 5.41) is 19.7. The van der Waals surface area contributed by atoms with Crippen LogP contribution in [0.15, 0.2) is 36.4 Å². The molecule has 2 rings (SSSR count). The average Bonchev–Trinajstić information content (AvgIpc) is 2.17. The van der Waals surface area contributed by atoms with Gasteiger partial charge in [-0.25, -0.2) is 4.79 Å². The maximum absolute atomic E-state index is 10.7. The molecular formula is C11H9NaO3. The molecule has 0 fully saturated rings. The number of carboxylic acid groups (broad SMARTS) is 1. The van der Waals surface area contributed by atoms with Crippen molar-refractivity contribution in [1.29, 1.82) is 0 Å². The van der Waals surface area contributed by atoms with Gasteiger partial charge in [0, 0.05) is 5.39 Å². The fourth-order valence-electron chi connectivity index (χ4n) is 1.41. The van der Waals surface area contributed by atoms with Crippen LogP contribution in [-0.2, 0) is 0 Å². The Bertz CT molecular complexity index is 508. The van der Waals surface area contributed by atoms with Gasteiger partial charge in [-0.3, -0.25) is 0 Å². The predicted molar refractivity (Wildman–Crippen MR) is 59.7 cm³/mol. The topological polar surface area (TPSA) is 57.5 Å². The first-order valence-electron chi connectivity index (χ1n) is 4.13. The number of hydrogen-bond donors (Lipinski definition) is 2. The predicted octanol–water partition coefficient (Wildman–Crippen LogP) is 1.60. The van der Waals surface area contributed by atoms with Crippen molar-refractivity contribution < 1.29 is 15.0 Å². The van der Waals surface area contributed by atoms with E-state index in [1.54, 1.807) is 24.3 Å². The van der Waals surface area contributed by atoms with Crippen molar-refractivity contribution >= 4 is 46.3 Å². The van der Waals surface area contributed by atoms with Gasteiger partial charge in [0.15, 0.2) is 0 Å². The van der Waals surface area contributed by atoms with E-state index in [1.807, 2.05) is 0 Å². The van der Waals surface area contributed by atoms with Crippen LogP contribution in [0.25, 0.3) is 10.8 Å². The van der Waals surface area contributed by atoms with E-state index in [0.717, 1.165) is 5.39 Å². The SMILES string of the molecule is O=C(O)c1cc(O)c2ccccc2c1.[NaH]. The van der Waals surface area contributed by atoms with Gasteiger partial charge in [0.25, 0.3) is 0 Å². The van der Waals surface area contributed by atoms with E-state index in [1.165, 1.54) is 12.1 Å². The first-order valence-corrected chi connectivity index (χ1v) is 4.13. The number of rotatable bonds is 1. The van der Waals surface area contributed by atoms with Gasteiger partial charge in [-0.15, -0.1) is 0 Å². The Hall–Kier alpha value is -1.03. The molecule has 15 heavy (non-hydrogen) atoms. The molecule has 0 radical (unpaired) electrons. The summed E-state index contributed by atoms with van der Waals surface area (Å²) in [7, 11) is 0. The van der Waals surface area contributed by atoms with E-state index in [2.05, 4.69) is 0 Å². The summed E-state index contributed by atoms with van der Waals surface area (Å²) in [6.07, 6.45) is 0. The zero-order valence-electron chi connectivity index (χ0n) is 7.27. The number of benzene rings is 2. The number of carboxylic acids is 1. The van der Waals surface area contributed by atoms with Crippen molar-refractivity contribution in [3.05, 3.63) is 42.0 Å². The Labute approximate surface area is 109 Å². The number of phenols is 1. The van der Waals surface area contributed by atoms with Crippen LogP contribution in [0.3, 0.4) is 0 Å². The zero-order chi connectivity index (χ0) is 10.1. The fourth-order valence-corrected chi connectivity index (χ4v) is 1.41. The second kappa shape index (κ2) is 4.66. The molecule has 0 aliphatic heterocycles. The van der Waals surface area contributed by atoms with Crippen LogP contribution < -0.4 is 0 Å². The molecule has 0 amide bonds. The van der Waals surface area contributed by atoms with Gasteiger partial charge in [-0.1, -0.05) is 24.3 Å². The molecule has 4 heteroatoms. The molecule has 0 saturated heterocycles. The van der Waals surface area contributed by atoms with Crippen molar-refractivity contribution in [3.63, 3.8) is 0 Å². The molecule has 0 aromatic heterocycles. The number of hydrogen-bond acceptors (Lipinski definition) is 2. The zero-order valence-corrected chi connectivity index (χ0v) is 7.27. The molecule has 0 atom stereocenters. The van der Waals surface area contributed by atoms with Gasteiger partial charge in [0.05, 0.1) is 5.56 Å². The van der Waals surface area contributed by atoms with Gasteiger partial charge in [0.2, 0.25) is 0 Å². The van der Waals surface area contributed by atoms with E-state index in [-0.39, 0.29) is 40.9 Å². The van der Waals surface area contributed by atoms with E-state index in [4.69, 9.17) is 5.11 Å². The number of aromatic hydroxyl groups is 1. The second-order valence-electron chi connectivity index (χ2n) is 3.02.